The second-order valence-corrected chi connectivity index (χ2v) is 4.17. The minimum Gasteiger partial charge on any atom is -0.445 e. The minimum absolute atomic E-state index is 0.00280. The van der Waals surface area contributed by atoms with Gasteiger partial charge in [-0.15, -0.1) is 0 Å². The van der Waals surface area contributed by atoms with Gasteiger partial charge in [0.1, 0.15) is 5.76 Å². The van der Waals surface area contributed by atoms with Gasteiger partial charge in [0.2, 0.25) is 11.8 Å². The van der Waals surface area contributed by atoms with Gasteiger partial charge >= 0.3 is 0 Å². The van der Waals surface area contributed by atoms with Crippen molar-refractivity contribution in [2.45, 2.75) is 27.3 Å². The Morgan fingerprint density at radius 2 is 2.31 bits per heavy atom. The zero-order valence-electron chi connectivity index (χ0n) is 10.0. The molecule has 90 valence electrons. The molecule has 0 unspecified atom stereocenters. The number of aryl methyl sites for hydroxylation is 1. The number of carbonyl (C=O) groups excluding carboxylic acids is 1. The molecule has 0 bridgehead atoms. The van der Waals surface area contributed by atoms with E-state index in [0.29, 0.717) is 24.9 Å². The molecule has 0 aliphatic rings. The fourth-order valence-corrected chi connectivity index (χ4v) is 1.15. The molecule has 1 aromatic heterocycles. The van der Waals surface area contributed by atoms with Crippen LogP contribution in [0.5, 0.6) is 0 Å². The molecule has 2 N–H and O–H groups in total. The summed E-state index contributed by atoms with van der Waals surface area (Å²) in [5.41, 5.74) is 0. The molecule has 0 aliphatic carbocycles. The lowest BCUT2D eigenvalue weighted by Gasteiger charge is -2.07. The molecule has 5 heteroatoms. The number of amides is 1. The number of nitrogens with one attached hydrogen (secondary N) is 2. The second-order valence-electron chi connectivity index (χ2n) is 4.17. The average Bonchev–Trinajstić information content (AvgIpc) is 2.61. The lowest BCUT2D eigenvalue weighted by molar-refractivity contribution is -0.120. The maximum atomic E-state index is 11.3. The van der Waals surface area contributed by atoms with Crippen LogP contribution in [0.3, 0.4) is 0 Å². The van der Waals surface area contributed by atoms with Gasteiger partial charge in [0.25, 0.3) is 0 Å². The maximum absolute atomic E-state index is 11.3. The standard InChI is InChI=1S/C11H19N3O2/c1-8(2)4-13-10(15)6-12-7-11-14-5-9(3)16-11/h5,8,12H,4,6-7H2,1-3H3,(H,13,15). The van der Waals surface area contributed by atoms with Crippen LogP contribution in [0.2, 0.25) is 0 Å². The van der Waals surface area contributed by atoms with Gasteiger partial charge in [-0.1, -0.05) is 13.8 Å². The molecule has 0 atom stereocenters. The molecule has 1 aromatic rings. The molecule has 0 fully saturated rings. The zero-order valence-corrected chi connectivity index (χ0v) is 10.0. The van der Waals surface area contributed by atoms with Crippen molar-refractivity contribution in [1.29, 1.82) is 0 Å². The number of hydrogen-bond donors (Lipinski definition) is 2. The molecular formula is C11H19N3O2. The summed E-state index contributed by atoms with van der Waals surface area (Å²) in [5, 5.41) is 5.79. The van der Waals surface area contributed by atoms with E-state index in [2.05, 4.69) is 29.5 Å². The molecule has 0 aliphatic heterocycles. The average molecular weight is 225 g/mol. The van der Waals surface area contributed by atoms with Crippen molar-refractivity contribution in [2.24, 2.45) is 5.92 Å². The lowest BCUT2D eigenvalue weighted by atomic mass is 10.2. The largest absolute Gasteiger partial charge is 0.445 e. The molecule has 1 rings (SSSR count). The van der Waals surface area contributed by atoms with E-state index in [1.54, 1.807) is 6.20 Å². The zero-order chi connectivity index (χ0) is 12.0. The summed E-state index contributed by atoms with van der Waals surface area (Å²) in [6, 6.07) is 0. The molecule has 0 saturated carbocycles. The third-order valence-electron chi connectivity index (χ3n) is 1.94. The SMILES string of the molecule is Cc1cnc(CNCC(=O)NCC(C)C)o1. The van der Waals surface area contributed by atoms with Crippen molar-refractivity contribution < 1.29 is 9.21 Å². The molecule has 0 saturated heterocycles. The Labute approximate surface area is 95.6 Å². The van der Waals surface area contributed by atoms with Crippen molar-refractivity contribution >= 4 is 5.91 Å². The first-order valence-corrected chi connectivity index (χ1v) is 5.46. The number of carbonyl (C=O) groups is 1. The molecule has 1 amide bonds. The first-order chi connectivity index (χ1) is 7.58. The summed E-state index contributed by atoms with van der Waals surface area (Å²) in [5.74, 6) is 1.85. The van der Waals surface area contributed by atoms with E-state index in [1.165, 1.54) is 0 Å². The van der Waals surface area contributed by atoms with E-state index in [4.69, 9.17) is 4.42 Å². The van der Waals surface area contributed by atoms with Crippen molar-refractivity contribution in [3.05, 3.63) is 17.8 Å². The van der Waals surface area contributed by atoms with E-state index >= 15 is 0 Å². The van der Waals surface area contributed by atoms with Crippen LogP contribution in [0.25, 0.3) is 0 Å². The predicted molar refractivity (Wildman–Crippen MR) is 60.8 cm³/mol. The smallest absolute Gasteiger partial charge is 0.233 e. The van der Waals surface area contributed by atoms with Gasteiger partial charge in [-0.2, -0.15) is 0 Å². The summed E-state index contributed by atoms with van der Waals surface area (Å²) in [6.07, 6.45) is 1.66. The Kier molecular flexibility index (Phi) is 4.98. The van der Waals surface area contributed by atoms with Gasteiger partial charge in [-0.3, -0.25) is 10.1 Å². The number of oxazole rings is 1. The first-order valence-electron chi connectivity index (χ1n) is 5.46. The van der Waals surface area contributed by atoms with Crippen LogP contribution in [-0.4, -0.2) is 24.0 Å². The summed E-state index contributed by atoms with van der Waals surface area (Å²) < 4.78 is 5.26. The molecule has 1 heterocycles. The quantitative estimate of drug-likeness (QED) is 0.753. The van der Waals surface area contributed by atoms with Crippen molar-refractivity contribution in [3.63, 3.8) is 0 Å². The van der Waals surface area contributed by atoms with E-state index in [1.807, 2.05) is 6.92 Å². The van der Waals surface area contributed by atoms with Gasteiger partial charge in [0.15, 0.2) is 0 Å². The van der Waals surface area contributed by atoms with Gasteiger partial charge in [0.05, 0.1) is 19.3 Å². The van der Waals surface area contributed by atoms with Crippen molar-refractivity contribution in [1.82, 2.24) is 15.6 Å². The van der Waals surface area contributed by atoms with Crippen molar-refractivity contribution in [3.8, 4) is 0 Å². The minimum atomic E-state index is -0.00280. The van der Waals surface area contributed by atoms with Crippen LogP contribution in [0.1, 0.15) is 25.5 Å². The van der Waals surface area contributed by atoms with Crippen LogP contribution in [0, 0.1) is 12.8 Å². The summed E-state index contributed by atoms with van der Waals surface area (Å²) in [4.78, 5) is 15.3. The maximum Gasteiger partial charge on any atom is 0.233 e. The Morgan fingerprint density at radius 3 is 2.88 bits per heavy atom. The normalized spacial score (nSPS) is 10.8. The van der Waals surface area contributed by atoms with Gasteiger partial charge in [-0.25, -0.2) is 4.98 Å². The molecule has 0 radical (unpaired) electrons. The highest BCUT2D eigenvalue weighted by Crippen LogP contribution is 1.99. The van der Waals surface area contributed by atoms with Crippen LogP contribution < -0.4 is 10.6 Å². The van der Waals surface area contributed by atoms with E-state index in [0.717, 1.165) is 5.76 Å². The summed E-state index contributed by atoms with van der Waals surface area (Å²) >= 11 is 0. The summed E-state index contributed by atoms with van der Waals surface area (Å²) in [7, 11) is 0. The third kappa shape index (κ3) is 4.93. The fraction of sp³-hybridized carbons (Fsp3) is 0.636. The van der Waals surface area contributed by atoms with Gasteiger partial charge in [0, 0.05) is 6.54 Å². The van der Waals surface area contributed by atoms with Gasteiger partial charge in [-0.05, 0) is 12.8 Å². The molecule has 0 spiro atoms. The highest BCUT2D eigenvalue weighted by atomic mass is 16.4. The highest BCUT2D eigenvalue weighted by Gasteiger charge is 2.03. The Balaban J connectivity index is 2.13. The van der Waals surface area contributed by atoms with Crippen LogP contribution >= 0.6 is 0 Å². The first kappa shape index (κ1) is 12.7. The lowest BCUT2D eigenvalue weighted by Crippen LogP contribution is -2.35. The molecule has 16 heavy (non-hydrogen) atoms. The fourth-order valence-electron chi connectivity index (χ4n) is 1.15. The molecule has 0 aromatic carbocycles. The van der Waals surface area contributed by atoms with E-state index in [-0.39, 0.29) is 12.5 Å². The molecular weight excluding hydrogens is 206 g/mol. The second kappa shape index (κ2) is 6.27. The van der Waals surface area contributed by atoms with Crippen LogP contribution in [-0.2, 0) is 11.3 Å². The van der Waals surface area contributed by atoms with Crippen LogP contribution in [0.4, 0.5) is 0 Å². The Bertz CT molecular complexity index is 334. The number of nitrogens with zero attached hydrogens (tertiary/aromatic N) is 1. The third-order valence-corrected chi connectivity index (χ3v) is 1.94. The van der Waals surface area contributed by atoms with Crippen LogP contribution in [0.15, 0.2) is 10.6 Å². The predicted octanol–water partition coefficient (Wildman–Crippen LogP) is 0.845. The van der Waals surface area contributed by atoms with E-state index < -0.39 is 0 Å². The topological polar surface area (TPSA) is 67.2 Å². The number of aromatic nitrogens is 1. The van der Waals surface area contributed by atoms with Crippen molar-refractivity contribution in [2.75, 3.05) is 13.1 Å². The van der Waals surface area contributed by atoms with E-state index in [9.17, 15) is 4.79 Å². The highest BCUT2D eigenvalue weighted by molar-refractivity contribution is 5.77. The summed E-state index contributed by atoms with van der Waals surface area (Å²) in [6.45, 7) is 7.42. The molecule has 5 nitrogen and oxygen atoms in total. The monoisotopic (exact) mass is 225 g/mol. The Morgan fingerprint density at radius 1 is 1.56 bits per heavy atom. The number of rotatable bonds is 6. The van der Waals surface area contributed by atoms with Gasteiger partial charge < -0.3 is 9.73 Å². The number of hydrogen-bond acceptors (Lipinski definition) is 4. The Hall–Kier alpha value is -1.36.